The van der Waals surface area contributed by atoms with E-state index in [1.165, 1.54) is 0 Å². The zero-order valence-corrected chi connectivity index (χ0v) is 9.47. The van der Waals surface area contributed by atoms with Gasteiger partial charge in [0.2, 0.25) is 0 Å². The molecule has 94 valence electrons. The lowest BCUT2D eigenvalue weighted by Crippen LogP contribution is -2.33. The number of phosphoric acid groups is 1. The molecule has 0 aliphatic rings. The van der Waals surface area contributed by atoms with E-state index in [-0.39, 0.29) is 19.8 Å². The van der Waals surface area contributed by atoms with Crippen molar-refractivity contribution in [3.8, 4) is 0 Å². The molecule has 0 radical (unpaired) electrons. The van der Waals surface area contributed by atoms with Crippen molar-refractivity contribution in [3.05, 3.63) is 0 Å². The lowest BCUT2D eigenvalue weighted by Gasteiger charge is -2.26. The zero-order valence-electron chi connectivity index (χ0n) is 8.57. The van der Waals surface area contributed by atoms with Crippen molar-refractivity contribution in [2.45, 2.75) is 19.8 Å². The summed E-state index contributed by atoms with van der Waals surface area (Å²) in [6.07, 6.45) is 1.53. The van der Waals surface area contributed by atoms with Crippen LogP contribution < -0.4 is 0 Å². The van der Waals surface area contributed by atoms with Gasteiger partial charge in [0.15, 0.2) is 0 Å². The van der Waals surface area contributed by atoms with Crippen molar-refractivity contribution in [1.29, 1.82) is 0 Å². The summed E-state index contributed by atoms with van der Waals surface area (Å²) in [5.41, 5.74) is -0.658. The van der Waals surface area contributed by atoms with Gasteiger partial charge in [-0.2, -0.15) is 0 Å². The fourth-order valence-electron chi connectivity index (χ4n) is 0.918. The van der Waals surface area contributed by atoms with E-state index in [4.69, 9.17) is 34.6 Å². The average Bonchev–Trinajstić information content (AvgIpc) is 2.12. The quantitative estimate of drug-likeness (QED) is 0.336. The van der Waals surface area contributed by atoms with Crippen LogP contribution in [0.2, 0.25) is 0 Å². The predicted molar refractivity (Wildman–Crippen MR) is 52.9 cm³/mol. The molecule has 0 unspecified atom stereocenters. The molecule has 0 aromatic heterocycles. The van der Waals surface area contributed by atoms with Crippen molar-refractivity contribution in [2.75, 3.05) is 19.8 Å². The summed E-state index contributed by atoms with van der Waals surface area (Å²) < 4.78 is 8.88. The topological polar surface area (TPSA) is 138 Å². The van der Waals surface area contributed by atoms with Crippen molar-refractivity contribution in [1.82, 2.24) is 0 Å². The SMILES string of the molecule is CCCC(CO)(CO)CO.O=P(O)(O)O. The van der Waals surface area contributed by atoms with Crippen LogP contribution in [0.5, 0.6) is 0 Å². The number of rotatable bonds is 5. The van der Waals surface area contributed by atoms with Crippen LogP contribution in [0.3, 0.4) is 0 Å². The smallest absolute Gasteiger partial charge is 0.396 e. The summed E-state index contributed by atoms with van der Waals surface area (Å²) in [7, 11) is -4.64. The Balaban J connectivity index is 0. The van der Waals surface area contributed by atoms with E-state index < -0.39 is 13.2 Å². The predicted octanol–water partition coefficient (Wildman–Crippen LogP) is -1.18. The molecule has 0 aromatic rings. The van der Waals surface area contributed by atoms with Gasteiger partial charge < -0.3 is 30.0 Å². The molecule has 0 heterocycles. The van der Waals surface area contributed by atoms with E-state index >= 15 is 0 Å². The maximum atomic E-state index is 8.88. The number of hydrogen-bond acceptors (Lipinski definition) is 4. The minimum Gasteiger partial charge on any atom is -0.396 e. The van der Waals surface area contributed by atoms with Gasteiger partial charge in [0.05, 0.1) is 19.8 Å². The van der Waals surface area contributed by atoms with Crippen molar-refractivity contribution in [3.63, 3.8) is 0 Å². The number of hydrogen-bond donors (Lipinski definition) is 6. The second-order valence-corrected chi connectivity index (χ2v) is 4.26. The normalized spacial score (nSPS) is 11.9. The van der Waals surface area contributed by atoms with Gasteiger partial charge in [-0.25, -0.2) is 4.57 Å². The summed E-state index contributed by atoms with van der Waals surface area (Å²) in [5.74, 6) is 0. The standard InChI is InChI=1S/C7H16O3.H3O4P/c1-2-3-7(4-8,5-9)6-10;1-5(2,3)4/h8-10H,2-6H2,1H3;(H3,1,2,3,4). The summed E-state index contributed by atoms with van der Waals surface area (Å²) in [4.78, 5) is 21.6. The molecule has 15 heavy (non-hydrogen) atoms. The van der Waals surface area contributed by atoms with Crippen molar-refractivity contribution >= 4 is 7.82 Å². The number of aliphatic hydroxyl groups is 3. The van der Waals surface area contributed by atoms with Gasteiger partial charge in [0.25, 0.3) is 0 Å². The van der Waals surface area contributed by atoms with E-state index in [2.05, 4.69) is 0 Å². The molecule has 0 aromatic carbocycles. The minimum atomic E-state index is -4.64. The van der Waals surface area contributed by atoms with E-state index in [9.17, 15) is 0 Å². The summed E-state index contributed by atoms with van der Waals surface area (Å²) >= 11 is 0. The van der Waals surface area contributed by atoms with Crippen molar-refractivity contribution < 1.29 is 34.6 Å². The highest BCUT2D eigenvalue weighted by molar-refractivity contribution is 7.45. The van der Waals surface area contributed by atoms with Crippen LogP contribution in [-0.4, -0.2) is 49.8 Å². The molecule has 0 rings (SSSR count). The Morgan fingerprint density at radius 2 is 1.27 bits per heavy atom. The third kappa shape index (κ3) is 11.9. The molecular weight excluding hydrogens is 227 g/mol. The van der Waals surface area contributed by atoms with Crippen molar-refractivity contribution in [2.24, 2.45) is 5.41 Å². The molecule has 7 nitrogen and oxygen atoms in total. The molecule has 0 saturated carbocycles. The third-order valence-electron chi connectivity index (χ3n) is 1.79. The molecule has 0 aliphatic carbocycles. The second kappa shape index (κ2) is 8.18. The van der Waals surface area contributed by atoms with E-state index in [1.807, 2.05) is 6.92 Å². The lowest BCUT2D eigenvalue weighted by molar-refractivity contribution is -0.00101. The van der Waals surface area contributed by atoms with Gasteiger partial charge in [0, 0.05) is 5.41 Å². The maximum absolute atomic E-state index is 8.88. The van der Waals surface area contributed by atoms with Crippen LogP contribution in [0.4, 0.5) is 0 Å². The van der Waals surface area contributed by atoms with Gasteiger partial charge in [-0.05, 0) is 6.42 Å². The van der Waals surface area contributed by atoms with Gasteiger partial charge in [-0.15, -0.1) is 0 Å². The van der Waals surface area contributed by atoms with Crippen LogP contribution in [0, 0.1) is 5.41 Å². The Morgan fingerprint density at radius 1 is 1.00 bits per heavy atom. The monoisotopic (exact) mass is 246 g/mol. The highest BCUT2D eigenvalue weighted by Crippen LogP contribution is 2.25. The lowest BCUT2D eigenvalue weighted by atomic mass is 9.86. The van der Waals surface area contributed by atoms with Crippen LogP contribution >= 0.6 is 7.82 Å². The van der Waals surface area contributed by atoms with Gasteiger partial charge >= 0.3 is 7.82 Å². The van der Waals surface area contributed by atoms with Crippen LogP contribution in [0.1, 0.15) is 19.8 Å². The molecule has 0 aliphatic heterocycles. The summed E-state index contributed by atoms with van der Waals surface area (Å²) in [5, 5.41) is 26.4. The van der Waals surface area contributed by atoms with Gasteiger partial charge in [-0.3, -0.25) is 0 Å². The Bertz CT molecular complexity index is 169. The number of aliphatic hydroxyl groups excluding tert-OH is 3. The van der Waals surface area contributed by atoms with Crippen LogP contribution in [0.15, 0.2) is 0 Å². The molecule has 0 atom stereocenters. The summed E-state index contributed by atoms with van der Waals surface area (Å²) in [6.45, 7) is 1.52. The Kier molecular flexibility index (Phi) is 9.48. The summed E-state index contributed by atoms with van der Waals surface area (Å²) in [6, 6.07) is 0. The molecular formula is C7H19O7P. The van der Waals surface area contributed by atoms with Gasteiger partial charge in [0.1, 0.15) is 0 Å². The first-order chi connectivity index (χ1) is 6.74. The fraction of sp³-hybridized carbons (Fsp3) is 1.00. The highest BCUT2D eigenvalue weighted by atomic mass is 31.2. The first-order valence-corrected chi connectivity index (χ1v) is 5.92. The Hall–Kier alpha value is -0.0100. The van der Waals surface area contributed by atoms with E-state index in [1.54, 1.807) is 0 Å². The van der Waals surface area contributed by atoms with E-state index in [0.29, 0.717) is 6.42 Å². The molecule has 6 N–H and O–H groups in total. The van der Waals surface area contributed by atoms with Gasteiger partial charge in [-0.1, -0.05) is 13.3 Å². The Labute approximate surface area is 88.2 Å². The molecule has 8 heteroatoms. The Morgan fingerprint density at radius 3 is 1.33 bits per heavy atom. The second-order valence-electron chi connectivity index (χ2n) is 3.24. The minimum absolute atomic E-state index is 0.145. The molecule has 0 spiro atoms. The molecule has 0 amide bonds. The van der Waals surface area contributed by atoms with E-state index in [0.717, 1.165) is 6.42 Å². The zero-order chi connectivity index (χ0) is 12.5. The first kappa shape index (κ1) is 17.4. The highest BCUT2D eigenvalue weighted by Gasteiger charge is 2.26. The molecule has 0 saturated heterocycles. The first-order valence-electron chi connectivity index (χ1n) is 4.35. The fourth-order valence-corrected chi connectivity index (χ4v) is 0.918. The van der Waals surface area contributed by atoms with Crippen LogP contribution in [0.25, 0.3) is 0 Å². The third-order valence-corrected chi connectivity index (χ3v) is 1.79. The maximum Gasteiger partial charge on any atom is 0.466 e. The van der Waals surface area contributed by atoms with Crippen LogP contribution in [-0.2, 0) is 4.57 Å². The largest absolute Gasteiger partial charge is 0.466 e. The average molecular weight is 246 g/mol. The molecule has 0 fully saturated rings. The molecule has 0 bridgehead atoms.